The molecule has 0 radical (unpaired) electrons. The Labute approximate surface area is 89.8 Å². The minimum absolute atomic E-state index is 0.0285. The van der Waals surface area contributed by atoms with Crippen molar-refractivity contribution >= 4 is 6.08 Å². The SMILES string of the molecule is [C-]#[N+]/C(C)=C/c1cc(F)cc(C(F)(F)F)c1. The van der Waals surface area contributed by atoms with Crippen LogP contribution in [0.2, 0.25) is 0 Å². The van der Waals surface area contributed by atoms with Gasteiger partial charge in [0.05, 0.1) is 12.1 Å². The summed E-state index contributed by atoms with van der Waals surface area (Å²) in [5, 5.41) is 0. The van der Waals surface area contributed by atoms with E-state index in [1.165, 1.54) is 13.0 Å². The quantitative estimate of drug-likeness (QED) is 0.504. The van der Waals surface area contributed by atoms with Crippen LogP contribution in [0.15, 0.2) is 23.9 Å². The predicted octanol–water partition coefficient (Wildman–Crippen LogP) is 4.12. The van der Waals surface area contributed by atoms with Gasteiger partial charge in [-0.15, -0.1) is 0 Å². The molecular formula is C11H7F4N. The molecule has 0 aliphatic carbocycles. The van der Waals surface area contributed by atoms with Crippen molar-refractivity contribution in [1.82, 2.24) is 0 Å². The highest BCUT2D eigenvalue weighted by Crippen LogP contribution is 2.30. The maximum Gasteiger partial charge on any atom is 0.416 e. The summed E-state index contributed by atoms with van der Waals surface area (Å²) < 4.78 is 49.9. The number of nitrogens with zero attached hydrogens (tertiary/aromatic N) is 1. The summed E-state index contributed by atoms with van der Waals surface area (Å²) in [4.78, 5) is 3.01. The van der Waals surface area contributed by atoms with Crippen molar-refractivity contribution in [2.24, 2.45) is 0 Å². The number of hydrogen-bond donors (Lipinski definition) is 0. The number of rotatable bonds is 1. The summed E-state index contributed by atoms with van der Waals surface area (Å²) in [5.41, 5.74) is -0.837. The van der Waals surface area contributed by atoms with Crippen molar-refractivity contribution in [1.29, 1.82) is 0 Å². The lowest BCUT2D eigenvalue weighted by molar-refractivity contribution is -0.137. The molecule has 16 heavy (non-hydrogen) atoms. The van der Waals surface area contributed by atoms with Crippen molar-refractivity contribution in [2.75, 3.05) is 0 Å². The summed E-state index contributed by atoms with van der Waals surface area (Å²) in [6, 6.07) is 2.17. The summed E-state index contributed by atoms with van der Waals surface area (Å²) >= 11 is 0. The molecule has 0 atom stereocenters. The fraction of sp³-hybridized carbons (Fsp3) is 0.182. The van der Waals surface area contributed by atoms with Crippen LogP contribution in [0.1, 0.15) is 18.1 Å². The van der Waals surface area contributed by atoms with Gasteiger partial charge in [-0.1, -0.05) is 6.08 Å². The lowest BCUT2D eigenvalue weighted by Gasteiger charge is -2.07. The number of benzene rings is 1. The van der Waals surface area contributed by atoms with Crippen LogP contribution in [0.25, 0.3) is 10.9 Å². The first-order valence-electron chi connectivity index (χ1n) is 4.26. The number of hydrogen-bond acceptors (Lipinski definition) is 0. The molecule has 84 valence electrons. The van der Waals surface area contributed by atoms with E-state index in [1.54, 1.807) is 0 Å². The first-order chi connectivity index (χ1) is 7.32. The van der Waals surface area contributed by atoms with Gasteiger partial charge in [-0.3, -0.25) is 0 Å². The van der Waals surface area contributed by atoms with Gasteiger partial charge in [-0.05, 0) is 30.7 Å². The molecule has 0 fully saturated rings. The zero-order chi connectivity index (χ0) is 12.3. The first-order valence-corrected chi connectivity index (χ1v) is 4.26. The van der Waals surface area contributed by atoms with Crippen molar-refractivity contribution in [3.8, 4) is 0 Å². The zero-order valence-corrected chi connectivity index (χ0v) is 8.27. The highest BCUT2D eigenvalue weighted by molar-refractivity contribution is 5.55. The second-order valence-corrected chi connectivity index (χ2v) is 3.17. The molecule has 0 aromatic heterocycles. The number of allylic oxidation sites excluding steroid dienone is 1. The Morgan fingerprint density at radius 1 is 1.31 bits per heavy atom. The van der Waals surface area contributed by atoms with Gasteiger partial charge in [-0.2, -0.15) is 13.2 Å². The Kier molecular flexibility index (Phi) is 3.33. The van der Waals surface area contributed by atoms with Crippen LogP contribution in [0.4, 0.5) is 17.6 Å². The molecule has 0 N–H and O–H groups in total. The smallest absolute Gasteiger partial charge is 0.243 e. The molecule has 0 spiro atoms. The standard InChI is InChI=1S/C11H7F4N/c1-7(16-2)3-8-4-9(11(13,14)15)6-10(12)5-8/h3-6H,1H3/b7-3+. The molecule has 0 saturated carbocycles. The molecule has 0 unspecified atom stereocenters. The molecule has 5 heteroatoms. The van der Waals surface area contributed by atoms with E-state index in [-0.39, 0.29) is 11.3 Å². The fourth-order valence-corrected chi connectivity index (χ4v) is 1.13. The lowest BCUT2D eigenvalue weighted by Crippen LogP contribution is -2.05. The second-order valence-electron chi connectivity index (χ2n) is 3.17. The van der Waals surface area contributed by atoms with Gasteiger partial charge in [0.15, 0.2) is 5.70 Å². The molecule has 1 nitrogen and oxygen atoms in total. The van der Waals surface area contributed by atoms with Crippen LogP contribution >= 0.6 is 0 Å². The molecule has 0 amide bonds. The van der Waals surface area contributed by atoms with Crippen molar-refractivity contribution < 1.29 is 17.6 Å². The Bertz CT molecular complexity index is 466. The van der Waals surface area contributed by atoms with Crippen molar-refractivity contribution in [3.63, 3.8) is 0 Å². The largest absolute Gasteiger partial charge is 0.416 e. The fourth-order valence-electron chi connectivity index (χ4n) is 1.13. The third kappa shape index (κ3) is 3.09. The molecular weight excluding hydrogens is 222 g/mol. The Morgan fingerprint density at radius 3 is 2.44 bits per heavy atom. The average molecular weight is 229 g/mol. The van der Waals surface area contributed by atoms with E-state index in [9.17, 15) is 17.6 Å². The van der Waals surface area contributed by atoms with E-state index in [0.717, 1.165) is 12.1 Å². The lowest BCUT2D eigenvalue weighted by atomic mass is 10.1. The van der Waals surface area contributed by atoms with E-state index in [0.29, 0.717) is 6.07 Å². The van der Waals surface area contributed by atoms with Gasteiger partial charge in [0.2, 0.25) is 0 Å². The van der Waals surface area contributed by atoms with Gasteiger partial charge >= 0.3 is 6.18 Å². The highest BCUT2D eigenvalue weighted by atomic mass is 19.4. The van der Waals surface area contributed by atoms with Crippen LogP contribution in [-0.4, -0.2) is 0 Å². The third-order valence-corrected chi connectivity index (χ3v) is 1.80. The monoisotopic (exact) mass is 229 g/mol. The maximum atomic E-state index is 12.9. The number of alkyl halides is 3. The highest BCUT2D eigenvalue weighted by Gasteiger charge is 2.31. The Hall–Kier alpha value is -1.83. The average Bonchev–Trinajstić information content (AvgIpc) is 2.15. The molecule has 1 rings (SSSR count). The summed E-state index contributed by atoms with van der Waals surface area (Å²) in [7, 11) is 0. The van der Waals surface area contributed by atoms with E-state index in [1.807, 2.05) is 0 Å². The van der Waals surface area contributed by atoms with Crippen LogP contribution in [0.5, 0.6) is 0 Å². The summed E-state index contributed by atoms with van der Waals surface area (Å²) in [6.07, 6.45) is -3.39. The molecule has 0 aliphatic heterocycles. The second kappa shape index (κ2) is 4.35. The maximum absolute atomic E-state index is 12.9. The van der Waals surface area contributed by atoms with Crippen LogP contribution in [-0.2, 0) is 6.18 Å². The van der Waals surface area contributed by atoms with E-state index in [4.69, 9.17) is 6.57 Å². The first kappa shape index (κ1) is 12.2. The van der Waals surface area contributed by atoms with Crippen molar-refractivity contribution in [3.05, 3.63) is 52.3 Å². The van der Waals surface area contributed by atoms with Crippen LogP contribution < -0.4 is 0 Å². The molecule has 1 aromatic carbocycles. The minimum Gasteiger partial charge on any atom is -0.243 e. The van der Waals surface area contributed by atoms with Gasteiger partial charge in [0, 0.05) is 0 Å². The predicted molar refractivity (Wildman–Crippen MR) is 51.7 cm³/mol. The van der Waals surface area contributed by atoms with Crippen LogP contribution in [0, 0.1) is 12.4 Å². The van der Waals surface area contributed by atoms with Crippen LogP contribution in [0.3, 0.4) is 0 Å². The van der Waals surface area contributed by atoms with Gasteiger partial charge < -0.3 is 0 Å². The molecule has 0 saturated heterocycles. The molecule has 1 aromatic rings. The summed E-state index contributed by atoms with van der Waals surface area (Å²) in [5.74, 6) is -0.973. The minimum atomic E-state index is -4.59. The topological polar surface area (TPSA) is 4.36 Å². The molecule has 0 heterocycles. The van der Waals surface area contributed by atoms with Crippen molar-refractivity contribution in [2.45, 2.75) is 13.1 Å². The Balaban J connectivity index is 3.25. The normalized spacial score (nSPS) is 12.4. The van der Waals surface area contributed by atoms with E-state index < -0.39 is 17.6 Å². The number of halogens is 4. The van der Waals surface area contributed by atoms with Gasteiger partial charge in [0.25, 0.3) is 0 Å². The Morgan fingerprint density at radius 2 is 1.94 bits per heavy atom. The summed E-state index contributed by atoms with van der Waals surface area (Å²) in [6.45, 7) is 8.06. The third-order valence-electron chi connectivity index (χ3n) is 1.80. The van der Waals surface area contributed by atoms with Gasteiger partial charge in [-0.25, -0.2) is 9.24 Å². The zero-order valence-electron chi connectivity index (χ0n) is 8.27. The molecule has 0 aliphatic rings. The van der Waals surface area contributed by atoms with Gasteiger partial charge in [0.1, 0.15) is 5.82 Å². The van der Waals surface area contributed by atoms with E-state index in [2.05, 4.69) is 4.85 Å². The van der Waals surface area contributed by atoms with E-state index >= 15 is 0 Å². The molecule has 0 bridgehead atoms.